The van der Waals surface area contributed by atoms with Crippen LogP contribution in [-0.2, 0) is 4.79 Å². The van der Waals surface area contributed by atoms with Gasteiger partial charge < -0.3 is 0 Å². The van der Waals surface area contributed by atoms with Crippen molar-refractivity contribution in [1.29, 1.82) is 0 Å². The van der Waals surface area contributed by atoms with Gasteiger partial charge in [-0.25, -0.2) is 0 Å². The van der Waals surface area contributed by atoms with E-state index in [1.54, 1.807) is 11.8 Å². The van der Waals surface area contributed by atoms with Gasteiger partial charge in [-0.15, -0.1) is 11.8 Å². The van der Waals surface area contributed by atoms with E-state index in [1.165, 1.54) is 0 Å². The standard InChI is InChI=1S/C13H17BrOS/c1-3-10(4-2)13(15)9-16-12-7-5-6-11(14)8-12/h5-8,10H,3-4,9H2,1-2H3. The average Bonchev–Trinajstić information content (AvgIpc) is 2.28. The van der Waals surface area contributed by atoms with Crippen LogP contribution in [0.1, 0.15) is 26.7 Å². The van der Waals surface area contributed by atoms with Crippen LogP contribution in [0.15, 0.2) is 33.6 Å². The maximum absolute atomic E-state index is 11.8. The molecule has 0 aliphatic carbocycles. The van der Waals surface area contributed by atoms with Crippen LogP contribution >= 0.6 is 27.7 Å². The molecule has 0 heterocycles. The molecule has 0 aliphatic rings. The summed E-state index contributed by atoms with van der Waals surface area (Å²) in [7, 11) is 0. The predicted molar refractivity (Wildman–Crippen MR) is 73.9 cm³/mol. The number of benzene rings is 1. The third-order valence-electron chi connectivity index (χ3n) is 2.62. The molecule has 0 radical (unpaired) electrons. The van der Waals surface area contributed by atoms with Crippen molar-refractivity contribution in [2.75, 3.05) is 5.75 Å². The van der Waals surface area contributed by atoms with E-state index < -0.39 is 0 Å². The SMILES string of the molecule is CCC(CC)C(=O)CSc1cccc(Br)c1. The van der Waals surface area contributed by atoms with Crippen LogP contribution < -0.4 is 0 Å². The first-order valence-electron chi connectivity index (χ1n) is 5.58. The number of Topliss-reactive ketones (excluding diaryl/α,β-unsaturated/α-hetero) is 1. The molecule has 0 saturated carbocycles. The van der Waals surface area contributed by atoms with E-state index in [2.05, 4.69) is 29.8 Å². The highest BCUT2D eigenvalue weighted by Gasteiger charge is 2.13. The largest absolute Gasteiger partial charge is 0.298 e. The van der Waals surface area contributed by atoms with Gasteiger partial charge in [0.2, 0.25) is 0 Å². The summed E-state index contributed by atoms with van der Waals surface area (Å²) >= 11 is 5.05. The molecule has 0 aliphatic heterocycles. The van der Waals surface area contributed by atoms with Crippen molar-refractivity contribution in [3.8, 4) is 0 Å². The number of thioether (sulfide) groups is 1. The van der Waals surface area contributed by atoms with Crippen LogP contribution in [0, 0.1) is 5.92 Å². The Morgan fingerprint density at radius 3 is 2.62 bits per heavy atom. The van der Waals surface area contributed by atoms with Gasteiger partial charge in [-0.05, 0) is 31.0 Å². The highest BCUT2D eigenvalue weighted by molar-refractivity contribution is 9.10. The van der Waals surface area contributed by atoms with Crippen LogP contribution in [0.5, 0.6) is 0 Å². The summed E-state index contributed by atoms with van der Waals surface area (Å²) in [6.07, 6.45) is 1.91. The molecule has 1 nitrogen and oxygen atoms in total. The topological polar surface area (TPSA) is 17.1 Å². The maximum Gasteiger partial charge on any atom is 0.146 e. The molecule has 1 aromatic rings. The van der Waals surface area contributed by atoms with Crippen molar-refractivity contribution in [3.63, 3.8) is 0 Å². The van der Waals surface area contributed by atoms with Crippen LogP contribution in [-0.4, -0.2) is 11.5 Å². The molecule has 88 valence electrons. The Morgan fingerprint density at radius 2 is 2.06 bits per heavy atom. The van der Waals surface area contributed by atoms with Gasteiger partial charge in [-0.2, -0.15) is 0 Å². The number of rotatable bonds is 6. The highest BCUT2D eigenvalue weighted by atomic mass is 79.9. The Morgan fingerprint density at radius 1 is 1.38 bits per heavy atom. The summed E-state index contributed by atoms with van der Waals surface area (Å²) in [6.45, 7) is 4.16. The number of carbonyl (C=O) groups excluding carboxylic acids is 1. The summed E-state index contributed by atoms with van der Waals surface area (Å²) in [6, 6.07) is 8.07. The lowest BCUT2D eigenvalue weighted by Crippen LogP contribution is -2.14. The molecule has 0 N–H and O–H groups in total. The normalized spacial score (nSPS) is 10.8. The zero-order valence-electron chi connectivity index (χ0n) is 9.70. The Bertz CT molecular complexity index is 348. The fourth-order valence-electron chi connectivity index (χ4n) is 1.57. The van der Waals surface area contributed by atoms with Gasteiger partial charge in [0, 0.05) is 15.3 Å². The van der Waals surface area contributed by atoms with Crippen molar-refractivity contribution >= 4 is 33.5 Å². The third kappa shape index (κ3) is 4.30. The van der Waals surface area contributed by atoms with Gasteiger partial charge in [0.05, 0.1) is 5.75 Å². The first-order valence-corrected chi connectivity index (χ1v) is 7.36. The number of ketones is 1. The van der Waals surface area contributed by atoms with Crippen LogP contribution in [0.25, 0.3) is 0 Å². The summed E-state index contributed by atoms with van der Waals surface area (Å²) in [5, 5.41) is 0. The first-order chi connectivity index (χ1) is 7.67. The van der Waals surface area contributed by atoms with Crippen molar-refractivity contribution in [2.24, 2.45) is 5.92 Å². The van der Waals surface area contributed by atoms with Gasteiger partial charge in [-0.3, -0.25) is 4.79 Å². The van der Waals surface area contributed by atoms with Gasteiger partial charge in [0.1, 0.15) is 5.78 Å². The molecule has 0 aromatic heterocycles. The van der Waals surface area contributed by atoms with Crippen molar-refractivity contribution in [2.45, 2.75) is 31.6 Å². The molecule has 0 unspecified atom stereocenters. The minimum atomic E-state index is 0.236. The lowest BCUT2D eigenvalue weighted by Gasteiger charge is -2.10. The fourth-order valence-corrected chi connectivity index (χ4v) is 3.05. The maximum atomic E-state index is 11.8. The first kappa shape index (κ1) is 13.8. The predicted octanol–water partition coefficient (Wildman–Crippen LogP) is 4.55. The van der Waals surface area contributed by atoms with Crippen molar-refractivity contribution in [1.82, 2.24) is 0 Å². The fraction of sp³-hybridized carbons (Fsp3) is 0.462. The van der Waals surface area contributed by atoms with Crippen LogP contribution in [0.3, 0.4) is 0 Å². The number of hydrogen-bond donors (Lipinski definition) is 0. The number of carbonyl (C=O) groups is 1. The lowest BCUT2D eigenvalue weighted by molar-refractivity contribution is -0.120. The zero-order valence-corrected chi connectivity index (χ0v) is 12.1. The van der Waals surface area contributed by atoms with E-state index in [-0.39, 0.29) is 5.92 Å². The molecule has 0 fully saturated rings. The quantitative estimate of drug-likeness (QED) is 0.717. The number of hydrogen-bond acceptors (Lipinski definition) is 2. The van der Waals surface area contributed by atoms with Crippen LogP contribution in [0.4, 0.5) is 0 Å². The molecule has 0 bridgehead atoms. The molecular formula is C13H17BrOS. The molecule has 1 rings (SSSR count). The zero-order chi connectivity index (χ0) is 12.0. The minimum Gasteiger partial charge on any atom is -0.298 e. The summed E-state index contributed by atoms with van der Waals surface area (Å²) < 4.78 is 1.06. The third-order valence-corrected chi connectivity index (χ3v) is 4.13. The lowest BCUT2D eigenvalue weighted by atomic mass is 10.00. The van der Waals surface area contributed by atoms with E-state index in [1.807, 2.05) is 24.3 Å². The van der Waals surface area contributed by atoms with E-state index in [0.29, 0.717) is 11.5 Å². The van der Waals surface area contributed by atoms with Gasteiger partial charge in [0.25, 0.3) is 0 Å². The smallest absolute Gasteiger partial charge is 0.146 e. The summed E-state index contributed by atoms with van der Waals surface area (Å²) in [5.74, 6) is 1.19. The second-order valence-electron chi connectivity index (χ2n) is 3.73. The van der Waals surface area contributed by atoms with E-state index in [9.17, 15) is 4.79 Å². The summed E-state index contributed by atoms with van der Waals surface area (Å²) in [5.41, 5.74) is 0. The number of halogens is 1. The molecule has 0 spiro atoms. The Balaban J connectivity index is 2.48. The van der Waals surface area contributed by atoms with Gasteiger partial charge in [-0.1, -0.05) is 35.8 Å². The molecule has 3 heteroatoms. The van der Waals surface area contributed by atoms with Crippen LogP contribution in [0.2, 0.25) is 0 Å². The van der Waals surface area contributed by atoms with Crippen molar-refractivity contribution in [3.05, 3.63) is 28.7 Å². The highest BCUT2D eigenvalue weighted by Crippen LogP contribution is 2.23. The van der Waals surface area contributed by atoms with Gasteiger partial charge in [0.15, 0.2) is 0 Å². The van der Waals surface area contributed by atoms with E-state index in [4.69, 9.17) is 0 Å². The molecule has 0 saturated heterocycles. The van der Waals surface area contributed by atoms with Gasteiger partial charge >= 0.3 is 0 Å². The Kier molecular flexibility index (Phi) is 6.14. The van der Waals surface area contributed by atoms with E-state index in [0.717, 1.165) is 22.2 Å². The second kappa shape index (κ2) is 7.13. The monoisotopic (exact) mass is 300 g/mol. The molecular weight excluding hydrogens is 284 g/mol. The minimum absolute atomic E-state index is 0.236. The Hall–Kier alpha value is -0.280. The Labute approximate surface area is 110 Å². The second-order valence-corrected chi connectivity index (χ2v) is 5.69. The van der Waals surface area contributed by atoms with Crippen molar-refractivity contribution < 1.29 is 4.79 Å². The summed E-state index contributed by atoms with van der Waals surface area (Å²) in [4.78, 5) is 13.0. The molecule has 16 heavy (non-hydrogen) atoms. The molecule has 0 atom stereocenters. The van der Waals surface area contributed by atoms with E-state index >= 15 is 0 Å². The average molecular weight is 301 g/mol. The molecule has 1 aromatic carbocycles. The molecule has 0 amide bonds.